The minimum Gasteiger partial charge on any atom is -0.464 e. The topological polar surface area (TPSA) is 96.2 Å². The third-order valence-electron chi connectivity index (χ3n) is 8.09. The van der Waals surface area contributed by atoms with Crippen molar-refractivity contribution < 1.29 is 29.6 Å². The van der Waals surface area contributed by atoms with Crippen LogP contribution in [-0.4, -0.2) is 46.6 Å². The van der Waals surface area contributed by atoms with Gasteiger partial charge in [0.2, 0.25) is 6.10 Å². The molecule has 0 aliphatic carbocycles. The van der Waals surface area contributed by atoms with E-state index in [9.17, 15) is 20.1 Å². The fourth-order valence-electron chi connectivity index (χ4n) is 5.38. The van der Waals surface area contributed by atoms with Crippen LogP contribution in [0.15, 0.2) is 0 Å². The highest BCUT2D eigenvalue weighted by Gasteiger charge is 2.41. The normalized spacial score (nSPS) is 12.6. The predicted octanol–water partition coefficient (Wildman–Crippen LogP) is 9.51. The summed E-state index contributed by atoms with van der Waals surface area (Å²) in [6.45, 7) is 4.89. The van der Waals surface area contributed by atoms with Gasteiger partial charge in [0, 0.05) is 6.61 Å². The van der Waals surface area contributed by atoms with Crippen molar-refractivity contribution >= 4 is 5.97 Å². The van der Waals surface area contributed by atoms with Gasteiger partial charge in [-0.25, -0.2) is 4.79 Å². The number of rotatable bonds is 33. The molecule has 0 spiro atoms. The van der Waals surface area contributed by atoms with Gasteiger partial charge in [-0.1, -0.05) is 181 Å². The quantitative estimate of drug-likeness (QED) is 0.0402. The minimum absolute atomic E-state index is 0.181. The van der Waals surface area contributed by atoms with Crippen molar-refractivity contribution in [3.63, 3.8) is 0 Å². The van der Waals surface area contributed by atoms with Crippen LogP contribution in [0, 0.1) is 0 Å². The zero-order valence-electron chi connectivity index (χ0n) is 27.4. The lowest BCUT2D eigenvalue weighted by atomic mass is 10.0. The lowest BCUT2D eigenvalue weighted by molar-refractivity contribution is -0.355. The van der Waals surface area contributed by atoms with Gasteiger partial charge < -0.3 is 24.8 Å². The van der Waals surface area contributed by atoms with Gasteiger partial charge in [0.15, 0.2) is 0 Å². The standard InChI is InChI=1S/C35H70O6/c1-3-5-7-9-11-13-15-17-19-21-23-25-27-29-31-40-33(35(37,38)39)34(36)41-32-30-28-26-24-22-20-18-16-14-12-10-8-6-4-2/h33,37-39H,3-32H2,1-2H3. The molecule has 0 fully saturated rings. The number of hydrogen-bond donors (Lipinski definition) is 3. The summed E-state index contributed by atoms with van der Waals surface area (Å²) in [5.74, 6) is -4.15. The summed E-state index contributed by atoms with van der Waals surface area (Å²) in [6, 6.07) is 0. The van der Waals surface area contributed by atoms with Gasteiger partial charge in [-0.05, 0) is 12.8 Å². The van der Waals surface area contributed by atoms with Crippen LogP contribution >= 0.6 is 0 Å². The number of ether oxygens (including phenoxy) is 2. The average Bonchev–Trinajstić information content (AvgIpc) is 2.94. The second kappa shape index (κ2) is 30.8. The van der Waals surface area contributed by atoms with Crippen molar-refractivity contribution in [2.75, 3.05) is 13.2 Å². The molecule has 0 saturated heterocycles. The fraction of sp³-hybridized carbons (Fsp3) is 0.971. The van der Waals surface area contributed by atoms with Crippen molar-refractivity contribution in [3.05, 3.63) is 0 Å². The maximum Gasteiger partial charge on any atom is 0.343 e. The third-order valence-corrected chi connectivity index (χ3v) is 8.09. The molecule has 1 atom stereocenters. The summed E-state index contributed by atoms with van der Waals surface area (Å²) in [5.41, 5.74) is 0. The van der Waals surface area contributed by atoms with Crippen LogP contribution in [0.1, 0.15) is 194 Å². The smallest absolute Gasteiger partial charge is 0.343 e. The van der Waals surface area contributed by atoms with E-state index < -0.39 is 18.0 Å². The highest BCUT2D eigenvalue weighted by Crippen LogP contribution is 2.16. The number of carbonyl (C=O) groups excluding carboxylic acids is 1. The molecule has 0 aromatic carbocycles. The number of aliphatic hydroxyl groups is 3. The molecule has 0 aliphatic heterocycles. The van der Waals surface area contributed by atoms with E-state index in [0.29, 0.717) is 6.42 Å². The number of hydrogen-bond acceptors (Lipinski definition) is 6. The first-order valence-corrected chi connectivity index (χ1v) is 17.9. The molecule has 0 radical (unpaired) electrons. The highest BCUT2D eigenvalue weighted by molar-refractivity contribution is 5.75. The van der Waals surface area contributed by atoms with Gasteiger partial charge in [0.1, 0.15) is 0 Å². The lowest BCUT2D eigenvalue weighted by Crippen LogP contribution is -2.49. The van der Waals surface area contributed by atoms with Gasteiger partial charge in [-0.15, -0.1) is 0 Å². The Morgan fingerprint density at radius 3 is 1.02 bits per heavy atom. The largest absolute Gasteiger partial charge is 0.464 e. The van der Waals surface area contributed by atoms with Crippen LogP contribution < -0.4 is 0 Å². The summed E-state index contributed by atoms with van der Waals surface area (Å²) in [5, 5.41) is 28.7. The van der Waals surface area contributed by atoms with Gasteiger partial charge in [-0.2, -0.15) is 0 Å². The molecule has 0 heterocycles. The molecule has 0 bridgehead atoms. The van der Waals surface area contributed by atoms with E-state index in [0.717, 1.165) is 32.1 Å². The Labute approximate surface area is 254 Å². The second-order valence-electron chi connectivity index (χ2n) is 12.3. The summed E-state index contributed by atoms with van der Waals surface area (Å²) in [4.78, 5) is 12.3. The van der Waals surface area contributed by atoms with Crippen LogP contribution in [0.4, 0.5) is 0 Å². The van der Waals surface area contributed by atoms with E-state index in [1.807, 2.05) is 0 Å². The first kappa shape index (κ1) is 40.3. The zero-order valence-corrected chi connectivity index (χ0v) is 27.4. The van der Waals surface area contributed by atoms with Crippen LogP contribution in [-0.2, 0) is 14.3 Å². The van der Waals surface area contributed by atoms with E-state index in [1.54, 1.807) is 0 Å². The first-order valence-electron chi connectivity index (χ1n) is 17.9. The maximum atomic E-state index is 12.3. The Kier molecular flexibility index (Phi) is 30.2. The molecule has 0 rings (SSSR count). The number of unbranched alkanes of at least 4 members (excludes halogenated alkanes) is 26. The first-order chi connectivity index (χ1) is 19.9. The maximum absolute atomic E-state index is 12.3. The molecule has 0 amide bonds. The molecule has 246 valence electrons. The molecule has 41 heavy (non-hydrogen) atoms. The monoisotopic (exact) mass is 587 g/mol. The molecule has 0 aromatic rings. The Hall–Kier alpha value is -0.690. The lowest BCUT2D eigenvalue weighted by Gasteiger charge is -2.24. The van der Waals surface area contributed by atoms with E-state index in [1.165, 1.54) is 141 Å². The number of esters is 1. The van der Waals surface area contributed by atoms with Crippen molar-refractivity contribution in [2.24, 2.45) is 0 Å². The molecule has 3 N–H and O–H groups in total. The molecule has 6 heteroatoms. The van der Waals surface area contributed by atoms with Crippen molar-refractivity contribution in [2.45, 2.75) is 206 Å². The zero-order chi connectivity index (χ0) is 30.3. The number of carbonyl (C=O) groups is 1. The average molecular weight is 587 g/mol. The van der Waals surface area contributed by atoms with Gasteiger partial charge in [0.25, 0.3) is 0 Å². The Bertz CT molecular complexity index is 533. The Balaban J connectivity index is 3.65. The Morgan fingerprint density at radius 2 is 0.732 bits per heavy atom. The van der Waals surface area contributed by atoms with E-state index in [4.69, 9.17) is 9.47 Å². The van der Waals surface area contributed by atoms with E-state index >= 15 is 0 Å². The molecule has 6 nitrogen and oxygen atoms in total. The molecular weight excluding hydrogens is 516 g/mol. The van der Waals surface area contributed by atoms with Crippen LogP contribution in [0.5, 0.6) is 0 Å². The summed E-state index contributed by atoms with van der Waals surface area (Å²) in [6.07, 6.45) is 33.0. The van der Waals surface area contributed by atoms with Gasteiger partial charge >= 0.3 is 11.9 Å². The molecule has 0 aromatic heterocycles. The third kappa shape index (κ3) is 29.2. The van der Waals surface area contributed by atoms with Gasteiger partial charge in [-0.3, -0.25) is 0 Å². The molecule has 0 aliphatic rings. The summed E-state index contributed by atoms with van der Waals surface area (Å²) < 4.78 is 10.5. The molecule has 1 unspecified atom stereocenters. The van der Waals surface area contributed by atoms with Crippen LogP contribution in [0.3, 0.4) is 0 Å². The van der Waals surface area contributed by atoms with Crippen molar-refractivity contribution in [1.29, 1.82) is 0 Å². The fourth-order valence-corrected chi connectivity index (χ4v) is 5.38. The van der Waals surface area contributed by atoms with Crippen molar-refractivity contribution in [1.82, 2.24) is 0 Å². The van der Waals surface area contributed by atoms with E-state index in [2.05, 4.69) is 13.8 Å². The summed E-state index contributed by atoms with van der Waals surface area (Å²) in [7, 11) is 0. The highest BCUT2D eigenvalue weighted by atomic mass is 16.7. The van der Waals surface area contributed by atoms with Crippen LogP contribution in [0.25, 0.3) is 0 Å². The molecule has 0 saturated carbocycles. The van der Waals surface area contributed by atoms with Crippen molar-refractivity contribution in [3.8, 4) is 0 Å². The minimum atomic E-state index is -3.23. The summed E-state index contributed by atoms with van der Waals surface area (Å²) >= 11 is 0. The van der Waals surface area contributed by atoms with Crippen LogP contribution in [0.2, 0.25) is 0 Å². The SMILES string of the molecule is CCCCCCCCCCCCCCCCOC(=O)C(OCCCCCCCCCCCCCCCC)C(O)(O)O. The Morgan fingerprint density at radius 1 is 0.463 bits per heavy atom. The second-order valence-corrected chi connectivity index (χ2v) is 12.3. The predicted molar refractivity (Wildman–Crippen MR) is 171 cm³/mol. The van der Waals surface area contributed by atoms with Gasteiger partial charge in [0.05, 0.1) is 6.61 Å². The molecular formula is C35H70O6. The van der Waals surface area contributed by atoms with E-state index in [-0.39, 0.29) is 13.2 Å².